The second-order valence-corrected chi connectivity index (χ2v) is 5.95. The average molecular weight is 354 g/mol. The molecule has 26 heavy (non-hydrogen) atoms. The van der Waals surface area contributed by atoms with Crippen molar-refractivity contribution in [3.8, 4) is 0 Å². The number of nitrogens with zero attached hydrogens (tertiary/aromatic N) is 1. The number of methoxy groups -OCH3 is 1. The van der Waals surface area contributed by atoms with Crippen LogP contribution >= 0.6 is 0 Å². The monoisotopic (exact) mass is 354 g/mol. The predicted octanol–water partition coefficient (Wildman–Crippen LogP) is 2.77. The molecule has 2 amide bonds. The van der Waals surface area contributed by atoms with Crippen molar-refractivity contribution in [2.24, 2.45) is 0 Å². The lowest BCUT2D eigenvalue weighted by Gasteiger charge is -2.21. The number of hydrogen-bond donors (Lipinski definition) is 1. The largest absolute Gasteiger partial charge is 0.465 e. The van der Waals surface area contributed by atoms with Crippen molar-refractivity contribution in [1.82, 2.24) is 4.90 Å². The van der Waals surface area contributed by atoms with Crippen molar-refractivity contribution in [2.45, 2.75) is 20.4 Å². The Hall–Kier alpha value is -3.15. The second-order valence-electron chi connectivity index (χ2n) is 5.95. The number of amides is 2. The third kappa shape index (κ3) is 5.17. The van der Waals surface area contributed by atoms with Gasteiger partial charge in [-0.05, 0) is 24.6 Å². The number of benzene rings is 2. The third-order valence-electron chi connectivity index (χ3n) is 3.88. The molecule has 0 saturated carbocycles. The van der Waals surface area contributed by atoms with Gasteiger partial charge in [0.15, 0.2) is 0 Å². The van der Waals surface area contributed by atoms with Gasteiger partial charge in [0.1, 0.15) is 6.54 Å². The summed E-state index contributed by atoms with van der Waals surface area (Å²) in [5, 5.41) is 2.67. The van der Waals surface area contributed by atoms with E-state index in [1.165, 1.54) is 18.9 Å². The summed E-state index contributed by atoms with van der Waals surface area (Å²) in [6.07, 6.45) is 0. The van der Waals surface area contributed by atoms with E-state index in [0.717, 1.165) is 11.1 Å². The van der Waals surface area contributed by atoms with E-state index in [1.54, 1.807) is 24.3 Å². The molecule has 0 spiro atoms. The van der Waals surface area contributed by atoms with E-state index < -0.39 is 5.97 Å². The fraction of sp³-hybridized carbons (Fsp3) is 0.250. The van der Waals surface area contributed by atoms with E-state index in [-0.39, 0.29) is 23.9 Å². The summed E-state index contributed by atoms with van der Waals surface area (Å²) in [5.74, 6) is -1.13. The number of hydrogen-bond acceptors (Lipinski definition) is 4. The van der Waals surface area contributed by atoms with Gasteiger partial charge in [0.2, 0.25) is 11.8 Å². The first-order valence-electron chi connectivity index (χ1n) is 8.19. The topological polar surface area (TPSA) is 75.7 Å². The molecule has 0 aliphatic heterocycles. The minimum absolute atomic E-state index is 0.112. The van der Waals surface area contributed by atoms with Gasteiger partial charge in [-0.2, -0.15) is 0 Å². The number of aryl methyl sites for hydroxylation is 1. The standard InChI is InChI=1S/C20H22N2O4/c1-14-8-10-16(11-9-14)12-22(15(2)23)13-19(24)21-18-7-5-4-6-17(18)20(25)26-3/h4-11H,12-13H2,1-3H3,(H,21,24). The van der Waals surface area contributed by atoms with Gasteiger partial charge in [-0.1, -0.05) is 42.0 Å². The van der Waals surface area contributed by atoms with Crippen LogP contribution in [-0.2, 0) is 20.9 Å². The van der Waals surface area contributed by atoms with Crippen LogP contribution in [0, 0.1) is 6.92 Å². The lowest BCUT2D eigenvalue weighted by molar-refractivity contribution is -0.133. The number of anilines is 1. The van der Waals surface area contributed by atoms with Crippen molar-refractivity contribution in [3.05, 3.63) is 65.2 Å². The molecule has 0 saturated heterocycles. The van der Waals surface area contributed by atoms with Crippen LogP contribution in [0.3, 0.4) is 0 Å². The van der Waals surface area contributed by atoms with E-state index in [1.807, 2.05) is 31.2 Å². The first kappa shape index (κ1) is 19.2. The van der Waals surface area contributed by atoms with Crippen LogP contribution in [0.4, 0.5) is 5.69 Å². The van der Waals surface area contributed by atoms with Gasteiger partial charge in [-0.25, -0.2) is 4.79 Å². The molecular weight excluding hydrogens is 332 g/mol. The first-order chi connectivity index (χ1) is 12.4. The molecule has 0 aliphatic carbocycles. The van der Waals surface area contributed by atoms with Crippen LogP contribution in [0.2, 0.25) is 0 Å². The molecule has 2 aromatic rings. The molecule has 2 rings (SSSR count). The summed E-state index contributed by atoms with van der Waals surface area (Å²) in [7, 11) is 1.28. The first-order valence-corrected chi connectivity index (χ1v) is 8.19. The van der Waals surface area contributed by atoms with Gasteiger partial charge in [0.25, 0.3) is 0 Å². The van der Waals surface area contributed by atoms with Gasteiger partial charge < -0.3 is 15.0 Å². The molecule has 0 aliphatic rings. The number of esters is 1. The lowest BCUT2D eigenvalue weighted by Crippen LogP contribution is -2.36. The number of ether oxygens (including phenoxy) is 1. The van der Waals surface area contributed by atoms with Crippen LogP contribution in [0.25, 0.3) is 0 Å². The van der Waals surface area contributed by atoms with Crippen molar-refractivity contribution >= 4 is 23.5 Å². The van der Waals surface area contributed by atoms with E-state index in [9.17, 15) is 14.4 Å². The molecule has 0 fully saturated rings. The van der Waals surface area contributed by atoms with E-state index in [4.69, 9.17) is 4.74 Å². The minimum Gasteiger partial charge on any atom is -0.465 e. The zero-order chi connectivity index (χ0) is 19.1. The highest BCUT2D eigenvalue weighted by molar-refractivity contribution is 6.02. The highest BCUT2D eigenvalue weighted by Gasteiger charge is 2.17. The molecule has 0 unspecified atom stereocenters. The third-order valence-corrected chi connectivity index (χ3v) is 3.88. The minimum atomic E-state index is -0.538. The molecule has 6 nitrogen and oxygen atoms in total. The fourth-order valence-electron chi connectivity index (χ4n) is 2.44. The molecule has 1 N–H and O–H groups in total. The summed E-state index contributed by atoms with van der Waals surface area (Å²) in [4.78, 5) is 37.5. The highest BCUT2D eigenvalue weighted by atomic mass is 16.5. The van der Waals surface area contributed by atoms with E-state index in [0.29, 0.717) is 12.2 Å². The highest BCUT2D eigenvalue weighted by Crippen LogP contribution is 2.16. The number of carbonyl (C=O) groups excluding carboxylic acids is 3. The van der Waals surface area contributed by atoms with Gasteiger partial charge in [0, 0.05) is 13.5 Å². The maximum Gasteiger partial charge on any atom is 0.339 e. The molecule has 0 aromatic heterocycles. The van der Waals surface area contributed by atoms with Crippen LogP contribution < -0.4 is 5.32 Å². The average Bonchev–Trinajstić information content (AvgIpc) is 2.62. The van der Waals surface area contributed by atoms with Crippen molar-refractivity contribution in [2.75, 3.05) is 19.0 Å². The lowest BCUT2D eigenvalue weighted by atomic mass is 10.1. The Morgan fingerprint density at radius 1 is 1.04 bits per heavy atom. The number of para-hydroxylation sites is 1. The zero-order valence-corrected chi connectivity index (χ0v) is 15.1. The maximum atomic E-state index is 12.4. The normalized spacial score (nSPS) is 10.1. The maximum absolute atomic E-state index is 12.4. The van der Waals surface area contributed by atoms with Crippen LogP contribution in [-0.4, -0.2) is 36.3 Å². The van der Waals surface area contributed by atoms with Crippen LogP contribution in [0.15, 0.2) is 48.5 Å². The molecule has 6 heteroatoms. The molecule has 0 radical (unpaired) electrons. The number of rotatable bonds is 6. The molecule has 0 heterocycles. The van der Waals surface area contributed by atoms with Crippen molar-refractivity contribution in [1.29, 1.82) is 0 Å². The Morgan fingerprint density at radius 3 is 2.31 bits per heavy atom. The van der Waals surface area contributed by atoms with E-state index in [2.05, 4.69) is 5.32 Å². The Kier molecular flexibility index (Phi) is 6.49. The smallest absolute Gasteiger partial charge is 0.339 e. The number of nitrogens with one attached hydrogen (secondary N) is 1. The summed E-state index contributed by atoms with van der Waals surface area (Å²) in [6, 6.07) is 14.3. The second kappa shape index (κ2) is 8.80. The summed E-state index contributed by atoms with van der Waals surface area (Å²) in [5.41, 5.74) is 2.67. The Morgan fingerprint density at radius 2 is 1.69 bits per heavy atom. The Bertz CT molecular complexity index is 800. The summed E-state index contributed by atoms with van der Waals surface area (Å²) >= 11 is 0. The van der Waals surface area contributed by atoms with Gasteiger partial charge in [-0.15, -0.1) is 0 Å². The molecular formula is C20H22N2O4. The zero-order valence-electron chi connectivity index (χ0n) is 15.1. The van der Waals surface area contributed by atoms with Crippen LogP contribution in [0.5, 0.6) is 0 Å². The van der Waals surface area contributed by atoms with Gasteiger partial charge in [0.05, 0.1) is 18.4 Å². The molecule has 2 aromatic carbocycles. The summed E-state index contributed by atoms with van der Waals surface area (Å²) in [6.45, 7) is 3.63. The Labute approximate surface area is 152 Å². The molecule has 136 valence electrons. The fourth-order valence-corrected chi connectivity index (χ4v) is 2.44. The molecule has 0 atom stereocenters. The van der Waals surface area contributed by atoms with E-state index >= 15 is 0 Å². The van der Waals surface area contributed by atoms with Crippen LogP contribution in [0.1, 0.15) is 28.4 Å². The summed E-state index contributed by atoms with van der Waals surface area (Å²) < 4.78 is 4.71. The molecule has 0 bridgehead atoms. The predicted molar refractivity (Wildman–Crippen MR) is 98.7 cm³/mol. The Balaban J connectivity index is 2.08. The van der Waals surface area contributed by atoms with Gasteiger partial charge in [-0.3, -0.25) is 9.59 Å². The van der Waals surface area contributed by atoms with Crippen molar-refractivity contribution < 1.29 is 19.1 Å². The van der Waals surface area contributed by atoms with Crippen molar-refractivity contribution in [3.63, 3.8) is 0 Å². The van der Waals surface area contributed by atoms with Gasteiger partial charge >= 0.3 is 5.97 Å². The number of carbonyl (C=O) groups is 3. The quantitative estimate of drug-likeness (QED) is 0.810. The SMILES string of the molecule is COC(=O)c1ccccc1NC(=O)CN(Cc1ccc(C)cc1)C(C)=O.